The Bertz CT molecular complexity index is 537. The zero-order valence-corrected chi connectivity index (χ0v) is 11.1. The lowest BCUT2D eigenvalue weighted by atomic mass is 10.2. The van der Waals surface area contributed by atoms with Crippen LogP contribution in [-0.4, -0.2) is 45.0 Å². The van der Waals surface area contributed by atoms with Gasteiger partial charge in [-0.3, -0.25) is 0 Å². The Hall–Kier alpha value is -1.69. The lowest BCUT2D eigenvalue weighted by Crippen LogP contribution is -2.26. The molecule has 1 unspecified atom stereocenters. The van der Waals surface area contributed by atoms with Crippen molar-refractivity contribution in [1.82, 2.24) is 9.97 Å². The zero-order valence-electron chi connectivity index (χ0n) is 10.2. The molecule has 1 aromatic rings. The minimum atomic E-state index is -2.78. The van der Waals surface area contributed by atoms with Crippen molar-refractivity contribution in [2.24, 2.45) is 0 Å². The first kappa shape index (κ1) is 14.7. The SMILES string of the molecule is N#Cc1cncnc1N[C@H]1C[C@H](O[P+](=O)O)[C@@H](CO)O1. The van der Waals surface area contributed by atoms with E-state index in [1.807, 2.05) is 6.07 Å². The first-order valence-electron chi connectivity index (χ1n) is 5.70. The normalized spacial score (nSPS) is 26.1. The minimum Gasteiger partial charge on any atom is -0.394 e. The molecule has 20 heavy (non-hydrogen) atoms. The van der Waals surface area contributed by atoms with Crippen molar-refractivity contribution in [2.75, 3.05) is 11.9 Å². The number of ether oxygens (including phenoxy) is 1. The van der Waals surface area contributed by atoms with Gasteiger partial charge in [0.05, 0.1) is 12.8 Å². The van der Waals surface area contributed by atoms with Gasteiger partial charge in [0, 0.05) is 11.0 Å². The predicted molar refractivity (Wildman–Crippen MR) is 65.4 cm³/mol. The van der Waals surface area contributed by atoms with Crippen LogP contribution in [0.3, 0.4) is 0 Å². The molecule has 1 aliphatic heterocycles. The van der Waals surface area contributed by atoms with Crippen molar-refractivity contribution in [2.45, 2.75) is 24.9 Å². The van der Waals surface area contributed by atoms with Gasteiger partial charge in [0.1, 0.15) is 42.2 Å². The molecule has 2 heterocycles. The number of aliphatic hydroxyl groups excluding tert-OH is 1. The van der Waals surface area contributed by atoms with Crippen LogP contribution in [0, 0.1) is 11.3 Å². The monoisotopic (exact) mass is 299 g/mol. The van der Waals surface area contributed by atoms with Crippen molar-refractivity contribution >= 4 is 14.1 Å². The summed E-state index contributed by atoms with van der Waals surface area (Å²) in [5.41, 5.74) is 0.245. The molecule has 9 nitrogen and oxygen atoms in total. The van der Waals surface area contributed by atoms with E-state index in [-0.39, 0.29) is 18.6 Å². The fraction of sp³-hybridized carbons (Fsp3) is 0.500. The number of aromatic nitrogens is 2. The van der Waals surface area contributed by atoms with E-state index in [2.05, 4.69) is 15.3 Å². The highest BCUT2D eigenvalue weighted by atomic mass is 31.1. The molecule has 3 N–H and O–H groups in total. The standard InChI is InChI=1S/C10H11N4O5P/c11-2-6-3-12-5-13-10(6)14-9-1-7(19-20(16)17)8(4-15)18-9/h3,5,7-9,15H,1,4H2,(H-,12,13,14,16,17)/p+1/t7-,8+,9+/m0/s1. The number of anilines is 1. The van der Waals surface area contributed by atoms with Crippen LogP contribution in [0.1, 0.15) is 12.0 Å². The highest BCUT2D eigenvalue weighted by Gasteiger charge is 2.41. The number of nitrogens with zero attached hydrogens (tertiary/aromatic N) is 3. The van der Waals surface area contributed by atoms with E-state index < -0.39 is 26.7 Å². The van der Waals surface area contributed by atoms with Gasteiger partial charge in [0.2, 0.25) is 0 Å². The van der Waals surface area contributed by atoms with Crippen molar-refractivity contribution in [1.29, 1.82) is 5.26 Å². The maximum Gasteiger partial charge on any atom is 0.695 e. The fourth-order valence-corrected chi connectivity index (χ4v) is 2.33. The molecule has 0 spiro atoms. The van der Waals surface area contributed by atoms with E-state index in [4.69, 9.17) is 24.5 Å². The second-order valence-corrected chi connectivity index (χ2v) is 4.69. The van der Waals surface area contributed by atoms with Crippen molar-refractivity contribution in [3.63, 3.8) is 0 Å². The van der Waals surface area contributed by atoms with Gasteiger partial charge in [-0.15, -0.1) is 9.42 Å². The van der Waals surface area contributed by atoms with Gasteiger partial charge in [-0.05, 0) is 0 Å². The van der Waals surface area contributed by atoms with Crippen LogP contribution in [0.4, 0.5) is 5.82 Å². The lowest BCUT2D eigenvalue weighted by molar-refractivity contribution is -0.00894. The topological polar surface area (TPSA) is 138 Å². The molecule has 10 heteroatoms. The van der Waals surface area contributed by atoms with E-state index in [1.165, 1.54) is 12.5 Å². The number of hydrogen-bond acceptors (Lipinski definition) is 8. The van der Waals surface area contributed by atoms with E-state index in [1.54, 1.807) is 0 Å². The summed E-state index contributed by atoms with van der Waals surface area (Å²) < 4.78 is 20.9. The average Bonchev–Trinajstić information content (AvgIpc) is 2.80. The van der Waals surface area contributed by atoms with E-state index in [0.29, 0.717) is 5.82 Å². The molecule has 1 saturated heterocycles. The van der Waals surface area contributed by atoms with Crippen LogP contribution >= 0.6 is 8.25 Å². The highest BCUT2D eigenvalue weighted by molar-refractivity contribution is 7.32. The second-order valence-electron chi connectivity index (χ2n) is 4.00. The van der Waals surface area contributed by atoms with Gasteiger partial charge in [0.15, 0.2) is 0 Å². The van der Waals surface area contributed by atoms with E-state index in [0.717, 1.165) is 0 Å². The molecule has 1 aromatic heterocycles. The van der Waals surface area contributed by atoms with E-state index >= 15 is 0 Å². The maximum absolute atomic E-state index is 10.7. The van der Waals surface area contributed by atoms with Crippen molar-refractivity contribution in [3.05, 3.63) is 18.1 Å². The van der Waals surface area contributed by atoms with Gasteiger partial charge >= 0.3 is 8.25 Å². The predicted octanol–water partition coefficient (Wildman–Crippen LogP) is -0.0976. The Labute approximate surface area is 115 Å². The fourth-order valence-electron chi connectivity index (χ4n) is 1.88. The molecule has 0 amide bonds. The van der Waals surface area contributed by atoms with Crippen molar-refractivity contribution in [3.8, 4) is 6.07 Å². The summed E-state index contributed by atoms with van der Waals surface area (Å²) in [6.45, 7) is -0.346. The smallest absolute Gasteiger partial charge is 0.394 e. The first-order valence-corrected chi connectivity index (χ1v) is 6.83. The molecule has 1 aliphatic rings. The molecule has 0 aliphatic carbocycles. The Morgan fingerprint density at radius 2 is 2.50 bits per heavy atom. The Morgan fingerprint density at radius 1 is 1.70 bits per heavy atom. The first-order chi connectivity index (χ1) is 9.63. The minimum absolute atomic E-state index is 0.238. The van der Waals surface area contributed by atoms with Gasteiger partial charge in [-0.1, -0.05) is 0 Å². The number of nitriles is 1. The zero-order chi connectivity index (χ0) is 14.5. The Balaban J connectivity index is 2.04. The number of hydrogen-bond donors (Lipinski definition) is 3. The van der Waals surface area contributed by atoms with Gasteiger partial charge in [0.25, 0.3) is 0 Å². The van der Waals surface area contributed by atoms with Crippen LogP contribution < -0.4 is 5.32 Å². The van der Waals surface area contributed by atoms with Gasteiger partial charge in [-0.25, -0.2) is 9.97 Å². The Kier molecular flexibility index (Phi) is 4.89. The summed E-state index contributed by atoms with van der Waals surface area (Å²) >= 11 is 0. The quantitative estimate of drug-likeness (QED) is 0.636. The van der Waals surface area contributed by atoms with Crippen LogP contribution in [-0.2, 0) is 13.8 Å². The summed E-state index contributed by atoms with van der Waals surface area (Å²) in [6, 6.07) is 1.93. The molecule has 0 radical (unpaired) electrons. The molecule has 0 aromatic carbocycles. The number of aliphatic hydroxyl groups is 1. The highest BCUT2D eigenvalue weighted by Crippen LogP contribution is 2.30. The van der Waals surface area contributed by atoms with Gasteiger partial charge in [-0.2, -0.15) is 5.26 Å². The summed E-state index contributed by atoms with van der Waals surface area (Å²) in [5.74, 6) is 0.290. The lowest BCUT2D eigenvalue weighted by Gasteiger charge is -2.14. The summed E-state index contributed by atoms with van der Waals surface area (Å²) in [5, 5.41) is 20.9. The second kappa shape index (κ2) is 6.65. The molecule has 0 bridgehead atoms. The van der Waals surface area contributed by atoms with Crippen molar-refractivity contribution < 1.29 is 23.8 Å². The largest absolute Gasteiger partial charge is 0.695 e. The third-order valence-corrected chi connectivity index (χ3v) is 3.19. The molecule has 2 rings (SSSR count). The molecule has 4 atom stereocenters. The van der Waals surface area contributed by atoms with Crippen LogP contribution in [0.2, 0.25) is 0 Å². The number of nitrogens with one attached hydrogen (secondary N) is 1. The van der Waals surface area contributed by atoms with Crippen LogP contribution in [0.25, 0.3) is 0 Å². The third-order valence-electron chi connectivity index (χ3n) is 2.74. The molecular formula is C10H12N4O5P+. The summed E-state index contributed by atoms with van der Waals surface area (Å²) in [6.07, 6.45) is 0.854. The molecule has 106 valence electrons. The van der Waals surface area contributed by atoms with Crippen LogP contribution in [0.5, 0.6) is 0 Å². The van der Waals surface area contributed by atoms with Gasteiger partial charge < -0.3 is 15.2 Å². The van der Waals surface area contributed by atoms with E-state index in [9.17, 15) is 4.57 Å². The van der Waals surface area contributed by atoms with Crippen LogP contribution in [0.15, 0.2) is 12.5 Å². The average molecular weight is 299 g/mol. The molecule has 1 fully saturated rings. The number of rotatable bonds is 5. The Morgan fingerprint density at radius 3 is 3.15 bits per heavy atom. The maximum atomic E-state index is 10.7. The molecular weight excluding hydrogens is 287 g/mol. The summed E-state index contributed by atoms with van der Waals surface area (Å²) in [7, 11) is -2.78. The molecule has 0 saturated carbocycles. The summed E-state index contributed by atoms with van der Waals surface area (Å²) in [4.78, 5) is 16.4. The third kappa shape index (κ3) is 3.45.